The van der Waals surface area contributed by atoms with Crippen molar-refractivity contribution in [1.82, 2.24) is 20.4 Å². The van der Waals surface area contributed by atoms with Gasteiger partial charge in [-0.25, -0.2) is 0 Å². The standard InChI is InChI=1S/C13H24N4/c1-9(14-4)13-10(2)16-17(11(13)3)12-5-7-15-8-6-12/h9,12,14-15H,5-8H2,1-4H3. The minimum absolute atomic E-state index is 0.380. The maximum atomic E-state index is 4.75. The zero-order valence-corrected chi connectivity index (χ0v) is 11.4. The van der Waals surface area contributed by atoms with E-state index in [1.54, 1.807) is 0 Å². The van der Waals surface area contributed by atoms with Crippen LogP contribution in [0.4, 0.5) is 0 Å². The van der Waals surface area contributed by atoms with Gasteiger partial charge >= 0.3 is 0 Å². The summed E-state index contributed by atoms with van der Waals surface area (Å²) in [7, 11) is 2.01. The van der Waals surface area contributed by atoms with Crippen molar-refractivity contribution in [2.24, 2.45) is 0 Å². The third-order valence-electron chi connectivity index (χ3n) is 3.90. The van der Waals surface area contributed by atoms with Crippen LogP contribution in [-0.2, 0) is 0 Å². The molecular formula is C13H24N4. The Bertz CT molecular complexity index is 377. The molecule has 17 heavy (non-hydrogen) atoms. The maximum Gasteiger partial charge on any atom is 0.0644 e. The Morgan fingerprint density at radius 3 is 2.59 bits per heavy atom. The van der Waals surface area contributed by atoms with Gasteiger partial charge in [0.15, 0.2) is 0 Å². The molecule has 96 valence electrons. The number of nitrogens with zero attached hydrogens (tertiary/aromatic N) is 2. The van der Waals surface area contributed by atoms with E-state index < -0.39 is 0 Å². The molecule has 1 saturated heterocycles. The zero-order valence-electron chi connectivity index (χ0n) is 11.4. The molecule has 1 aliphatic rings. The van der Waals surface area contributed by atoms with Crippen molar-refractivity contribution in [1.29, 1.82) is 0 Å². The van der Waals surface area contributed by atoms with Gasteiger partial charge in [-0.3, -0.25) is 4.68 Å². The summed E-state index contributed by atoms with van der Waals surface area (Å²) in [6.07, 6.45) is 2.38. The van der Waals surface area contributed by atoms with E-state index in [9.17, 15) is 0 Å². The average molecular weight is 236 g/mol. The molecule has 1 aromatic heterocycles. The Balaban J connectivity index is 2.29. The molecule has 2 rings (SSSR count). The number of piperidine rings is 1. The van der Waals surface area contributed by atoms with Gasteiger partial charge in [-0.1, -0.05) is 0 Å². The van der Waals surface area contributed by atoms with Crippen LogP contribution < -0.4 is 10.6 Å². The second-order valence-corrected chi connectivity index (χ2v) is 5.02. The number of hydrogen-bond acceptors (Lipinski definition) is 3. The van der Waals surface area contributed by atoms with Crippen LogP contribution in [0.1, 0.15) is 48.8 Å². The van der Waals surface area contributed by atoms with Gasteiger partial charge in [0.1, 0.15) is 0 Å². The average Bonchev–Trinajstić information content (AvgIpc) is 2.65. The van der Waals surface area contributed by atoms with Crippen molar-refractivity contribution in [3.05, 3.63) is 17.0 Å². The number of hydrogen-bond donors (Lipinski definition) is 2. The van der Waals surface area contributed by atoms with Crippen molar-refractivity contribution in [3.63, 3.8) is 0 Å². The van der Waals surface area contributed by atoms with Crippen LogP contribution >= 0.6 is 0 Å². The molecule has 0 aromatic carbocycles. The molecule has 0 spiro atoms. The fourth-order valence-corrected chi connectivity index (χ4v) is 2.85. The topological polar surface area (TPSA) is 41.9 Å². The van der Waals surface area contributed by atoms with E-state index in [4.69, 9.17) is 5.10 Å². The molecule has 0 bridgehead atoms. The molecule has 0 aliphatic carbocycles. The van der Waals surface area contributed by atoms with Gasteiger partial charge in [0.05, 0.1) is 11.7 Å². The lowest BCUT2D eigenvalue weighted by Crippen LogP contribution is -2.30. The first-order valence-corrected chi connectivity index (χ1v) is 6.58. The summed E-state index contributed by atoms with van der Waals surface area (Å²) in [5.74, 6) is 0. The summed E-state index contributed by atoms with van der Waals surface area (Å²) in [5, 5.41) is 11.5. The van der Waals surface area contributed by atoms with Crippen molar-refractivity contribution in [3.8, 4) is 0 Å². The molecule has 0 amide bonds. The molecule has 1 fully saturated rings. The molecular weight excluding hydrogens is 212 g/mol. The first kappa shape index (κ1) is 12.6. The highest BCUT2D eigenvalue weighted by Gasteiger charge is 2.22. The number of nitrogens with one attached hydrogen (secondary N) is 2. The Labute approximate surface area is 104 Å². The highest BCUT2D eigenvalue weighted by Crippen LogP contribution is 2.26. The minimum Gasteiger partial charge on any atom is -0.317 e. The summed E-state index contributed by atoms with van der Waals surface area (Å²) in [4.78, 5) is 0. The zero-order chi connectivity index (χ0) is 12.4. The quantitative estimate of drug-likeness (QED) is 0.839. The van der Waals surface area contributed by atoms with Gasteiger partial charge in [-0.05, 0) is 53.8 Å². The van der Waals surface area contributed by atoms with Crippen LogP contribution in [0.3, 0.4) is 0 Å². The van der Waals surface area contributed by atoms with E-state index in [-0.39, 0.29) is 0 Å². The Hall–Kier alpha value is -0.870. The molecule has 4 nitrogen and oxygen atoms in total. The molecule has 0 radical (unpaired) electrons. The van der Waals surface area contributed by atoms with Gasteiger partial charge in [0, 0.05) is 17.3 Å². The van der Waals surface area contributed by atoms with Crippen LogP contribution in [0.15, 0.2) is 0 Å². The normalized spacial score (nSPS) is 19.5. The number of rotatable bonds is 3. The van der Waals surface area contributed by atoms with Crippen molar-refractivity contribution < 1.29 is 0 Å². The van der Waals surface area contributed by atoms with Crippen LogP contribution in [-0.4, -0.2) is 29.9 Å². The lowest BCUT2D eigenvalue weighted by atomic mass is 10.0. The second-order valence-electron chi connectivity index (χ2n) is 5.02. The molecule has 4 heteroatoms. The molecule has 1 aromatic rings. The van der Waals surface area contributed by atoms with Crippen LogP contribution in [0.2, 0.25) is 0 Å². The highest BCUT2D eigenvalue weighted by atomic mass is 15.3. The fourth-order valence-electron chi connectivity index (χ4n) is 2.85. The summed E-state index contributed by atoms with van der Waals surface area (Å²) in [5.41, 5.74) is 3.87. The van der Waals surface area contributed by atoms with E-state index in [0.717, 1.165) is 13.1 Å². The predicted molar refractivity (Wildman–Crippen MR) is 70.3 cm³/mol. The number of aryl methyl sites for hydroxylation is 1. The van der Waals surface area contributed by atoms with Gasteiger partial charge in [-0.2, -0.15) is 5.10 Å². The van der Waals surface area contributed by atoms with Crippen molar-refractivity contribution in [2.75, 3.05) is 20.1 Å². The SMILES string of the molecule is CNC(C)c1c(C)nn(C2CCNCC2)c1C. The Morgan fingerprint density at radius 1 is 1.35 bits per heavy atom. The molecule has 1 aliphatic heterocycles. The molecule has 0 saturated carbocycles. The summed E-state index contributed by atoms with van der Waals surface area (Å²) in [6.45, 7) is 8.74. The maximum absolute atomic E-state index is 4.75. The van der Waals surface area contributed by atoms with E-state index in [0.29, 0.717) is 12.1 Å². The van der Waals surface area contributed by atoms with Crippen LogP contribution in [0.25, 0.3) is 0 Å². The largest absolute Gasteiger partial charge is 0.317 e. The second kappa shape index (κ2) is 5.19. The Morgan fingerprint density at radius 2 is 2.00 bits per heavy atom. The third-order valence-corrected chi connectivity index (χ3v) is 3.90. The molecule has 2 N–H and O–H groups in total. The summed E-state index contributed by atoms with van der Waals surface area (Å²) in [6, 6.07) is 0.957. The molecule has 1 atom stereocenters. The van der Waals surface area contributed by atoms with Crippen molar-refractivity contribution in [2.45, 2.75) is 45.7 Å². The molecule has 2 heterocycles. The van der Waals surface area contributed by atoms with Crippen LogP contribution in [0, 0.1) is 13.8 Å². The third kappa shape index (κ3) is 2.38. The monoisotopic (exact) mass is 236 g/mol. The predicted octanol–water partition coefficient (Wildman–Crippen LogP) is 1.70. The lowest BCUT2D eigenvalue weighted by Gasteiger charge is -2.24. The van der Waals surface area contributed by atoms with Gasteiger partial charge in [0.25, 0.3) is 0 Å². The minimum atomic E-state index is 0.380. The van der Waals surface area contributed by atoms with Crippen molar-refractivity contribution >= 4 is 0 Å². The van der Waals surface area contributed by atoms with Crippen LogP contribution in [0.5, 0.6) is 0 Å². The first-order chi connectivity index (χ1) is 8.15. The van der Waals surface area contributed by atoms with E-state index in [1.165, 1.54) is 29.8 Å². The van der Waals surface area contributed by atoms with E-state index >= 15 is 0 Å². The summed E-state index contributed by atoms with van der Waals surface area (Å²) < 4.78 is 2.25. The highest BCUT2D eigenvalue weighted by molar-refractivity contribution is 5.28. The summed E-state index contributed by atoms with van der Waals surface area (Å²) >= 11 is 0. The van der Waals surface area contributed by atoms with Gasteiger partial charge < -0.3 is 10.6 Å². The Kier molecular flexibility index (Phi) is 3.84. The first-order valence-electron chi connectivity index (χ1n) is 6.58. The molecule has 1 unspecified atom stereocenters. The fraction of sp³-hybridized carbons (Fsp3) is 0.769. The lowest BCUT2D eigenvalue weighted by molar-refractivity contribution is 0.337. The number of aromatic nitrogens is 2. The van der Waals surface area contributed by atoms with E-state index in [1.807, 2.05) is 7.05 Å². The van der Waals surface area contributed by atoms with E-state index in [2.05, 4.69) is 36.1 Å². The van der Waals surface area contributed by atoms with Gasteiger partial charge in [0.2, 0.25) is 0 Å². The van der Waals surface area contributed by atoms with Gasteiger partial charge in [-0.15, -0.1) is 0 Å². The smallest absolute Gasteiger partial charge is 0.0644 e.